The fourth-order valence-electron chi connectivity index (χ4n) is 2.71. The Bertz CT molecular complexity index is 535. The number of amides is 1. The van der Waals surface area contributed by atoms with E-state index in [-0.39, 0.29) is 24.6 Å². The predicted molar refractivity (Wildman–Crippen MR) is 87.2 cm³/mol. The Balaban J connectivity index is 2.03. The molecular formula is C15H21N3O2S. The van der Waals surface area contributed by atoms with Crippen LogP contribution < -0.4 is 11.1 Å². The van der Waals surface area contributed by atoms with E-state index in [0.29, 0.717) is 10.7 Å². The molecule has 1 saturated heterocycles. The number of rotatable bonds is 5. The topological polar surface area (TPSA) is 78.6 Å². The van der Waals surface area contributed by atoms with Gasteiger partial charge >= 0.3 is 0 Å². The number of nitrogens with two attached hydrogens (primary N) is 1. The van der Waals surface area contributed by atoms with Crippen LogP contribution in [0.15, 0.2) is 24.3 Å². The minimum Gasteiger partial charge on any atom is -0.395 e. The average Bonchev–Trinajstić information content (AvgIpc) is 2.95. The standard InChI is InChI=1S/C15H21N3O2S/c1-10(18-7-3-6-13(18)9-19)15(20)17-12-5-2-4-11(8-12)14(16)21/h2,4-5,8,10,13,19H,3,6-7,9H2,1H3,(H2,16,21)(H,17,20). The molecule has 4 N–H and O–H groups in total. The molecule has 21 heavy (non-hydrogen) atoms. The quantitative estimate of drug-likeness (QED) is 0.710. The minimum absolute atomic E-state index is 0.0775. The van der Waals surface area contributed by atoms with E-state index in [9.17, 15) is 9.90 Å². The third kappa shape index (κ3) is 3.78. The van der Waals surface area contributed by atoms with Gasteiger partial charge < -0.3 is 16.2 Å². The maximum absolute atomic E-state index is 12.3. The van der Waals surface area contributed by atoms with E-state index in [2.05, 4.69) is 5.32 Å². The van der Waals surface area contributed by atoms with Gasteiger partial charge in [-0.15, -0.1) is 0 Å². The third-order valence-corrected chi connectivity index (χ3v) is 4.16. The van der Waals surface area contributed by atoms with Gasteiger partial charge in [0.2, 0.25) is 5.91 Å². The number of anilines is 1. The molecule has 5 nitrogen and oxygen atoms in total. The van der Waals surface area contributed by atoms with Crippen LogP contribution in [0.1, 0.15) is 25.3 Å². The Morgan fingerprint density at radius 1 is 1.62 bits per heavy atom. The van der Waals surface area contributed by atoms with Crippen molar-refractivity contribution in [3.63, 3.8) is 0 Å². The van der Waals surface area contributed by atoms with Gasteiger partial charge in [0.05, 0.1) is 12.6 Å². The molecule has 114 valence electrons. The summed E-state index contributed by atoms with van der Waals surface area (Å²) in [5.41, 5.74) is 7.00. The lowest BCUT2D eigenvalue weighted by molar-refractivity contribution is -0.121. The van der Waals surface area contributed by atoms with Crippen molar-refractivity contribution < 1.29 is 9.90 Å². The van der Waals surface area contributed by atoms with Crippen molar-refractivity contribution in [1.29, 1.82) is 0 Å². The van der Waals surface area contributed by atoms with Gasteiger partial charge in [0.1, 0.15) is 4.99 Å². The lowest BCUT2D eigenvalue weighted by atomic mass is 10.1. The van der Waals surface area contributed by atoms with Crippen molar-refractivity contribution in [2.75, 3.05) is 18.5 Å². The first-order chi connectivity index (χ1) is 10.0. The molecule has 6 heteroatoms. The van der Waals surface area contributed by atoms with Gasteiger partial charge in [-0.25, -0.2) is 0 Å². The molecule has 0 aromatic heterocycles. The number of aliphatic hydroxyl groups excluding tert-OH is 1. The lowest BCUT2D eigenvalue weighted by Crippen LogP contribution is -2.45. The molecule has 2 atom stereocenters. The normalized spacial score (nSPS) is 20.2. The van der Waals surface area contributed by atoms with Crippen LogP contribution in [0.2, 0.25) is 0 Å². The molecule has 1 aromatic carbocycles. The molecule has 1 amide bonds. The fraction of sp³-hybridized carbons (Fsp3) is 0.467. The second-order valence-electron chi connectivity index (χ2n) is 5.33. The number of nitrogens with zero attached hydrogens (tertiary/aromatic N) is 1. The molecule has 2 unspecified atom stereocenters. The Morgan fingerprint density at radius 3 is 3.05 bits per heavy atom. The van der Waals surface area contributed by atoms with Gasteiger partial charge in [0.15, 0.2) is 0 Å². The van der Waals surface area contributed by atoms with Crippen LogP contribution in [0.5, 0.6) is 0 Å². The molecule has 1 fully saturated rings. The van der Waals surface area contributed by atoms with Crippen molar-refractivity contribution in [1.82, 2.24) is 4.90 Å². The summed E-state index contributed by atoms with van der Waals surface area (Å²) in [7, 11) is 0. The summed E-state index contributed by atoms with van der Waals surface area (Å²) < 4.78 is 0. The third-order valence-electron chi connectivity index (χ3n) is 3.92. The summed E-state index contributed by atoms with van der Waals surface area (Å²) in [5, 5.41) is 12.2. The number of benzene rings is 1. The van der Waals surface area contributed by atoms with Crippen molar-refractivity contribution in [2.45, 2.75) is 31.8 Å². The first-order valence-electron chi connectivity index (χ1n) is 7.10. The maximum Gasteiger partial charge on any atom is 0.241 e. The maximum atomic E-state index is 12.3. The number of carbonyl (C=O) groups is 1. The summed E-state index contributed by atoms with van der Waals surface area (Å²) in [6.45, 7) is 2.79. The molecule has 2 rings (SSSR count). The van der Waals surface area contributed by atoms with Gasteiger partial charge in [0.25, 0.3) is 0 Å². The number of likely N-dealkylation sites (tertiary alicyclic amines) is 1. The van der Waals surface area contributed by atoms with Gasteiger partial charge in [-0.2, -0.15) is 0 Å². The molecule has 0 bridgehead atoms. The summed E-state index contributed by atoms with van der Waals surface area (Å²) in [6.07, 6.45) is 1.95. The fourth-order valence-corrected chi connectivity index (χ4v) is 2.84. The van der Waals surface area contributed by atoms with E-state index < -0.39 is 0 Å². The smallest absolute Gasteiger partial charge is 0.241 e. The van der Waals surface area contributed by atoms with Crippen molar-refractivity contribution in [3.05, 3.63) is 29.8 Å². The van der Waals surface area contributed by atoms with Gasteiger partial charge in [-0.1, -0.05) is 24.4 Å². The summed E-state index contributed by atoms with van der Waals surface area (Å²) in [5.74, 6) is -0.0876. The predicted octanol–water partition coefficient (Wildman–Crippen LogP) is 1.10. The Morgan fingerprint density at radius 2 is 2.38 bits per heavy atom. The number of carbonyl (C=O) groups excluding carboxylic acids is 1. The van der Waals surface area contributed by atoms with Crippen LogP contribution in [-0.2, 0) is 4.79 Å². The first-order valence-corrected chi connectivity index (χ1v) is 7.51. The number of hydrogen-bond donors (Lipinski definition) is 3. The summed E-state index contributed by atoms with van der Waals surface area (Å²) in [4.78, 5) is 14.7. The van der Waals surface area contributed by atoms with Crippen molar-refractivity contribution in [3.8, 4) is 0 Å². The van der Waals surface area contributed by atoms with E-state index in [1.807, 2.05) is 17.9 Å². The van der Waals surface area contributed by atoms with Crippen LogP contribution in [-0.4, -0.2) is 46.1 Å². The molecule has 0 spiro atoms. The number of hydrogen-bond acceptors (Lipinski definition) is 4. The SMILES string of the molecule is CC(C(=O)Nc1cccc(C(N)=S)c1)N1CCCC1CO. The minimum atomic E-state index is -0.280. The number of aliphatic hydroxyl groups is 1. The Labute approximate surface area is 130 Å². The highest BCUT2D eigenvalue weighted by atomic mass is 32.1. The van der Waals surface area contributed by atoms with Gasteiger partial charge in [-0.05, 0) is 38.4 Å². The zero-order chi connectivity index (χ0) is 15.4. The zero-order valence-electron chi connectivity index (χ0n) is 12.1. The number of thiocarbonyl (C=S) groups is 1. The highest BCUT2D eigenvalue weighted by molar-refractivity contribution is 7.80. The molecular weight excluding hydrogens is 286 g/mol. The second-order valence-corrected chi connectivity index (χ2v) is 5.77. The molecule has 0 radical (unpaired) electrons. The summed E-state index contributed by atoms with van der Waals surface area (Å²) >= 11 is 4.93. The number of nitrogens with one attached hydrogen (secondary N) is 1. The largest absolute Gasteiger partial charge is 0.395 e. The molecule has 1 aliphatic heterocycles. The molecule has 1 aliphatic rings. The first kappa shape index (κ1) is 15.9. The van der Waals surface area contributed by atoms with Gasteiger partial charge in [-0.3, -0.25) is 9.69 Å². The van der Waals surface area contributed by atoms with Crippen LogP contribution in [0.3, 0.4) is 0 Å². The van der Waals surface area contributed by atoms with Crippen LogP contribution >= 0.6 is 12.2 Å². The van der Waals surface area contributed by atoms with E-state index in [1.165, 1.54) is 0 Å². The Kier molecular flexibility index (Phi) is 5.27. The highest BCUT2D eigenvalue weighted by Crippen LogP contribution is 2.20. The Hall–Kier alpha value is -1.50. The monoisotopic (exact) mass is 307 g/mol. The van der Waals surface area contributed by atoms with E-state index in [4.69, 9.17) is 18.0 Å². The highest BCUT2D eigenvalue weighted by Gasteiger charge is 2.31. The van der Waals surface area contributed by atoms with E-state index in [1.54, 1.807) is 18.2 Å². The average molecular weight is 307 g/mol. The van der Waals surface area contributed by atoms with Crippen molar-refractivity contribution >= 4 is 28.8 Å². The molecule has 1 heterocycles. The van der Waals surface area contributed by atoms with E-state index in [0.717, 1.165) is 24.9 Å². The van der Waals surface area contributed by atoms with Crippen LogP contribution in [0.25, 0.3) is 0 Å². The van der Waals surface area contributed by atoms with Crippen LogP contribution in [0, 0.1) is 0 Å². The van der Waals surface area contributed by atoms with Gasteiger partial charge in [0, 0.05) is 17.3 Å². The van der Waals surface area contributed by atoms with Crippen molar-refractivity contribution in [2.24, 2.45) is 5.73 Å². The lowest BCUT2D eigenvalue weighted by Gasteiger charge is -2.28. The second kappa shape index (κ2) is 6.98. The summed E-state index contributed by atoms with van der Waals surface area (Å²) in [6, 6.07) is 6.98. The molecule has 0 saturated carbocycles. The van der Waals surface area contributed by atoms with Crippen LogP contribution in [0.4, 0.5) is 5.69 Å². The van der Waals surface area contributed by atoms with E-state index >= 15 is 0 Å². The zero-order valence-corrected chi connectivity index (χ0v) is 12.9. The molecule has 0 aliphatic carbocycles. The molecule has 1 aromatic rings.